The molecule has 118 valence electrons. The first-order valence-corrected chi connectivity index (χ1v) is 6.46. The SMILES string of the molecule is CCOC(=O)N1CCc2[nH]c(=O)c(C#N)c(C(F)(F)F)c2C1. The predicted octanol–water partition coefficient (Wildman–Crippen LogP) is 1.78. The lowest BCUT2D eigenvalue weighted by atomic mass is 9.96. The second kappa shape index (κ2) is 5.71. The van der Waals surface area contributed by atoms with Gasteiger partial charge in [0.1, 0.15) is 11.6 Å². The van der Waals surface area contributed by atoms with Gasteiger partial charge in [0.25, 0.3) is 5.56 Å². The van der Waals surface area contributed by atoms with Gasteiger partial charge >= 0.3 is 12.3 Å². The second-order valence-electron chi connectivity index (χ2n) is 4.64. The summed E-state index contributed by atoms with van der Waals surface area (Å²) in [5.74, 6) is 0. The number of alkyl halides is 3. The van der Waals surface area contributed by atoms with Crippen LogP contribution in [0.1, 0.15) is 29.3 Å². The standard InChI is InChI=1S/C13H12F3N3O3/c1-2-22-12(21)19-4-3-9-8(6-19)10(13(14,15)16)7(5-17)11(20)18-9/h2-4,6H2,1H3,(H,18,20). The average molecular weight is 315 g/mol. The zero-order valence-electron chi connectivity index (χ0n) is 11.6. The van der Waals surface area contributed by atoms with E-state index >= 15 is 0 Å². The van der Waals surface area contributed by atoms with Crippen LogP contribution in [0.4, 0.5) is 18.0 Å². The van der Waals surface area contributed by atoms with E-state index in [1.165, 1.54) is 6.07 Å². The Kier molecular flexibility index (Phi) is 4.12. The van der Waals surface area contributed by atoms with Crippen LogP contribution < -0.4 is 5.56 Å². The van der Waals surface area contributed by atoms with Crippen molar-refractivity contribution in [3.05, 3.63) is 32.7 Å². The summed E-state index contributed by atoms with van der Waals surface area (Å²) in [7, 11) is 0. The molecule has 0 saturated heterocycles. The number of carbonyl (C=O) groups is 1. The maximum Gasteiger partial charge on any atom is 0.418 e. The highest BCUT2D eigenvalue weighted by molar-refractivity contribution is 5.68. The highest BCUT2D eigenvalue weighted by Crippen LogP contribution is 2.36. The number of H-pyrrole nitrogens is 1. The van der Waals surface area contributed by atoms with Gasteiger partial charge in [-0.1, -0.05) is 0 Å². The number of hydrogen-bond donors (Lipinski definition) is 1. The molecule has 1 amide bonds. The van der Waals surface area contributed by atoms with Crippen molar-refractivity contribution < 1.29 is 22.7 Å². The number of nitriles is 1. The normalized spacial score (nSPS) is 14.2. The van der Waals surface area contributed by atoms with Crippen molar-refractivity contribution in [1.82, 2.24) is 9.88 Å². The van der Waals surface area contributed by atoms with Crippen LogP contribution in [0, 0.1) is 11.3 Å². The predicted molar refractivity (Wildman–Crippen MR) is 67.9 cm³/mol. The lowest BCUT2D eigenvalue weighted by Gasteiger charge is -2.29. The van der Waals surface area contributed by atoms with Gasteiger partial charge in [-0.05, 0) is 6.92 Å². The third kappa shape index (κ3) is 2.77. The van der Waals surface area contributed by atoms with Gasteiger partial charge in [0, 0.05) is 24.2 Å². The van der Waals surface area contributed by atoms with Crippen LogP contribution in [0.25, 0.3) is 0 Å². The Balaban J connectivity index is 2.56. The van der Waals surface area contributed by atoms with Gasteiger partial charge in [-0.15, -0.1) is 0 Å². The smallest absolute Gasteiger partial charge is 0.418 e. The van der Waals surface area contributed by atoms with Crippen molar-refractivity contribution >= 4 is 6.09 Å². The Labute approximate surface area is 123 Å². The lowest BCUT2D eigenvalue weighted by molar-refractivity contribution is -0.139. The van der Waals surface area contributed by atoms with E-state index in [1.807, 2.05) is 0 Å². The van der Waals surface area contributed by atoms with Gasteiger partial charge in [-0.2, -0.15) is 18.4 Å². The van der Waals surface area contributed by atoms with Crippen molar-refractivity contribution in [2.24, 2.45) is 0 Å². The number of fused-ring (bicyclic) bond motifs is 1. The van der Waals surface area contributed by atoms with Gasteiger partial charge in [0.05, 0.1) is 18.7 Å². The summed E-state index contributed by atoms with van der Waals surface area (Å²) in [5.41, 5.74) is -3.50. The first-order valence-electron chi connectivity index (χ1n) is 6.46. The number of rotatable bonds is 1. The number of amides is 1. The van der Waals surface area contributed by atoms with Crippen molar-refractivity contribution in [3.8, 4) is 6.07 Å². The average Bonchev–Trinajstić information content (AvgIpc) is 2.44. The van der Waals surface area contributed by atoms with E-state index in [0.717, 1.165) is 4.90 Å². The van der Waals surface area contributed by atoms with Gasteiger partial charge in [0.15, 0.2) is 0 Å². The number of nitrogens with one attached hydrogen (secondary N) is 1. The fourth-order valence-corrected chi connectivity index (χ4v) is 2.38. The molecule has 2 heterocycles. The number of aromatic amines is 1. The minimum Gasteiger partial charge on any atom is -0.450 e. The highest BCUT2D eigenvalue weighted by atomic mass is 19.4. The summed E-state index contributed by atoms with van der Waals surface area (Å²) in [6.07, 6.45) is -5.54. The third-order valence-corrected chi connectivity index (χ3v) is 3.31. The van der Waals surface area contributed by atoms with E-state index in [4.69, 9.17) is 10.00 Å². The summed E-state index contributed by atoms with van der Waals surface area (Å²) in [6, 6.07) is 1.29. The van der Waals surface area contributed by atoms with Crippen LogP contribution in [0.5, 0.6) is 0 Å². The Hall–Kier alpha value is -2.50. The molecule has 0 bridgehead atoms. The molecule has 1 N–H and O–H groups in total. The van der Waals surface area contributed by atoms with E-state index in [1.54, 1.807) is 6.92 Å². The third-order valence-electron chi connectivity index (χ3n) is 3.31. The quantitative estimate of drug-likeness (QED) is 0.856. The van der Waals surface area contributed by atoms with E-state index in [2.05, 4.69) is 4.98 Å². The molecule has 22 heavy (non-hydrogen) atoms. The highest BCUT2D eigenvalue weighted by Gasteiger charge is 2.40. The molecule has 1 aromatic heterocycles. The molecule has 0 radical (unpaired) electrons. The van der Waals surface area contributed by atoms with Crippen LogP contribution in [0.3, 0.4) is 0 Å². The molecule has 1 aliphatic rings. The molecule has 1 aliphatic heterocycles. The maximum absolute atomic E-state index is 13.2. The Morgan fingerprint density at radius 3 is 2.73 bits per heavy atom. The van der Waals surface area contributed by atoms with Crippen molar-refractivity contribution in [3.63, 3.8) is 0 Å². The molecule has 6 nitrogen and oxygen atoms in total. The largest absolute Gasteiger partial charge is 0.450 e. The number of ether oxygens (including phenoxy) is 1. The van der Waals surface area contributed by atoms with Crippen LogP contribution in [-0.4, -0.2) is 29.1 Å². The molecule has 1 aromatic rings. The molecule has 0 atom stereocenters. The van der Waals surface area contributed by atoms with Gasteiger partial charge in [-0.25, -0.2) is 4.79 Å². The number of nitrogens with zero attached hydrogens (tertiary/aromatic N) is 2. The van der Waals surface area contributed by atoms with Crippen LogP contribution in [-0.2, 0) is 23.9 Å². The number of hydrogen-bond acceptors (Lipinski definition) is 4. The molecule has 0 unspecified atom stereocenters. The molecule has 0 aromatic carbocycles. The molecule has 0 fully saturated rings. The fraction of sp³-hybridized carbons (Fsp3) is 0.462. The summed E-state index contributed by atoms with van der Waals surface area (Å²) >= 11 is 0. The van der Waals surface area contributed by atoms with Crippen LogP contribution >= 0.6 is 0 Å². The molecule has 0 saturated carbocycles. The van der Waals surface area contributed by atoms with E-state index in [9.17, 15) is 22.8 Å². The number of carbonyl (C=O) groups excluding carboxylic acids is 1. The van der Waals surface area contributed by atoms with E-state index < -0.39 is 29.0 Å². The van der Waals surface area contributed by atoms with E-state index in [0.29, 0.717) is 0 Å². The monoisotopic (exact) mass is 315 g/mol. The van der Waals surface area contributed by atoms with Crippen LogP contribution in [0.2, 0.25) is 0 Å². The first-order chi connectivity index (χ1) is 10.3. The molecule has 2 rings (SSSR count). The Morgan fingerprint density at radius 2 is 2.18 bits per heavy atom. The lowest BCUT2D eigenvalue weighted by Crippen LogP contribution is -2.39. The Bertz CT molecular complexity index is 703. The number of aromatic nitrogens is 1. The van der Waals surface area contributed by atoms with Gasteiger partial charge in [-0.3, -0.25) is 4.79 Å². The molecule has 9 heteroatoms. The van der Waals surface area contributed by atoms with Gasteiger partial charge < -0.3 is 14.6 Å². The Morgan fingerprint density at radius 1 is 1.50 bits per heavy atom. The number of halogens is 3. The minimum absolute atomic E-state index is 0.0537. The molecule has 0 spiro atoms. The van der Waals surface area contributed by atoms with Gasteiger partial charge in [0.2, 0.25) is 0 Å². The summed E-state index contributed by atoms with van der Waals surface area (Å²) in [5, 5.41) is 8.85. The zero-order chi connectivity index (χ0) is 16.5. The minimum atomic E-state index is -4.86. The summed E-state index contributed by atoms with van der Waals surface area (Å²) in [6.45, 7) is 1.45. The van der Waals surface area contributed by atoms with E-state index in [-0.39, 0.29) is 37.4 Å². The van der Waals surface area contributed by atoms with Crippen molar-refractivity contribution in [1.29, 1.82) is 5.26 Å². The topological polar surface area (TPSA) is 86.2 Å². The van der Waals surface area contributed by atoms with Crippen LogP contribution in [0.15, 0.2) is 4.79 Å². The summed E-state index contributed by atoms with van der Waals surface area (Å²) < 4.78 is 44.5. The molecular weight excluding hydrogens is 303 g/mol. The molecule has 0 aliphatic carbocycles. The van der Waals surface area contributed by atoms with Crippen molar-refractivity contribution in [2.75, 3.05) is 13.2 Å². The first kappa shape index (κ1) is 15.9. The fourth-order valence-electron chi connectivity index (χ4n) is 2.38. The maximum atomic E-state index is 13.2. The summed E-state index contributed by atoms with van der Waals surface area (Å²) in [4.78, 5) is 26.7. The molecular formula is C13H12F3N3O3. The second-order valence-corrected chi connectivity index (χ2v) is 4.64. The number of pyridine rings is 1. The zero-order valence-corrected chi connectivity index (χ0v) is 11.6. The van der Waals surface area contributed by atoms with Crippen molar-refractivity contribution in [2.45, 2.75) is 26.1 Å².